The van der Waals surface area contributed by atoms with Gasteiger partial charge in [0.25, 0.3) is 0 Å². The number of nitrogens with zero attached hydrogens (tertiary/aromatic N) is 2. The molecule has 60 valence electrons. The highest BCUT2D eigenvalue weighted by atomic mass is 16.4. The molecule has 1 N–H and O–H groups in total. The summed E-state index contributed by atoms with van der Waals surface area (Å²) >= 11 is 0. The van der Waals surface area contributed by atoms with Crippen LogP contribution >= 0.6 is 0 Å². The van der Waals surface area contributed by atoms with Crippen molar-refractivity contribution in [1.29, 1.82) is 0 Å². The van der Waals surface area contributed by atoms with E-state index >= 15 is 0 Å². The summed E-state index contributed by atoms with van der Waals surface area (Å²) in [6.07, 6.45) is 3.00. The second-order valence-electron chi connectivity index (χ2n) is 2.54. The van der Waals surface area contributed by atoms with Crippen LogP contribution in [0.3, 0.4) is 0 Å². The Hall–Kier alpha value is -1.71. The van der Waals surface area contributed by atoms with Gasteiger partial charge < -0.3 is 5.11 Å². The molecule has 4 heteroatoms. The Bertz CT molecular complexity index is 371. The summed E-state index contributed by atoms with van der Waals surface area (Å²) < 4.78 is 0. The number of carboxylic acids is 1. The number of fused-ring (bicyclic) bond motifs is 1. The SMILES string of the molecule is O=C(O)c1cnc2c(c1)CN=C2. The topological polar surface area (TPSA) is 62.5 Å². The lowest BCUT2D eigenvalue weighted by molar-refractivity contribution is 0.0696. The van der Waals surface area contributed by atoms with Gasteiger partial charge in [0, 0.05) is 18.0 Å². The number of aromatic nitrogens is 1. The molecule has 2 rings (SSSR count). The van der Waals surface area contributed by atoms with Gasteiger partial charge in [0.1, 0.15) is 0 Å². The minimum atomic E-state index is -0.947. The van der Waals surface area contributed by atoms with Crippen molar-refractivity contribution in [1.82, 2.24) is 4.98 Å². The van der Waals surface area contributed by atoms with Crippen LogP contribution in [0.15, 0.2) is 17.3 Å². The largest absolute Gasteiger partial charge is 0.478 e. The summed E-state index contributed by atoms with van der Waals surface area (Å²) in [6.45, 7) is 0.545. The summed E-state index contributed by atoms with van der Waals surface area (Å²) in [4.78, 5) is 18.4. The molecule has 4 nitrogen and oxygen atoms in total. The third kappa shape index (κ3) is 0.972. The molecular formula is C8H6N2O2. The molecule has 0 saturated carbocycles. The van der Waals surface area contributed by atoms with E-state index in [1.807, 2.05) is 0 Å². The van der Waals surface area contributed by atoms with Gasteiger partial charge in [-0.2, -0.15) is 0 Å². The van der Waals surface area contributed by atoms with Gasteiger partial charge in [0.2, 0.25) is 0 Å². The van der Waals surface area contributed by atoms with Gasteiger partial charge >= 0.3 is 5.97 Å². The number of aromatic carboxylic acids is 1. The summed E-state index contributed by atoms with van der Waals surface area (Å²) in [6, 6.07) is 1.61. The third-order valence-corrected chi connectivity index (χ3v) is 1.72. The predicted molar refractivity (Wildman–Crippen MR) is 42.5 cm³/mol. The van der Waals surface area contributed by atoms with E-state index in [0.717, 1.165) is 11.3 Å². The lowest BCUT2D eigenvalue weighted by atomic mass is 10.1. The van der Waals surface area contributed by atoms with Gasteiger partial charge in [-0.1, -0.05) is 0 Å². The molecule has 1 aliphatic rings. The van der Waals surface area contributed by atoms with Crippen molar-refractivity contribution >= 4 is 12.2 Å². The smallest absolute Gasteiger partial charge is 0.337 e. The first-order chi connectivity index (χ1) is 5.77. The number of carbonyl (C=O) groups is 1. The second kappa shape index (κ2) is 2.41. The fraction of sp³-hybridized carbons (Fsp3) is 0.125. The van der Waals surface area contributed by atoms with Crippen molar-refractivity contribution in [3.05, 3.63) is 29.1 Å². The molecule has 0 amide bonds. The van der Waals surface area contributed by atoms with Crippen LogP contribution < -0.4 is 0 Å². The Morgan fingerprint density at radius 2 is 2.42 bits per heavy atom. The van der Waals surface area contributed by atoms with Gasteiger partial charge in [0.15, 0.2) is 0 Å². The fourth-order valence-corrected chi connectivity index (χ4v) is 1.11. The van der Waals surface area contributed by atoms with Crippen LogP contribution in [-0.4, -0.2) is 22.3 Å². The average Bonchev–Trinajstić information content (AvgIpc) is 2.49. The first-order valence-electron chi connectivity index (χ1n) is 3.49. The molecule has 0 atom stereocenters. The zero-order valence-corrected chi connectivity index (χ0v) is 6.19. The van der Waals surface area contributed by atoms with Crippen LogP contribution in [-0.2, 0) is 6.54 Å². The Morgan fingerprint density at radius 3 is 3.17 bits per heavy atom. The minimum absolute atomic E-state index is 0.222. The van der Waals surface area contributed by atoms with Gasteiger partial charge in [0.05, 0.1) is 17.8 Å². The van der Waals surface area contributed by atoms with Crippen LogP contribution in [0, 0.1) is 0 Å². The highest BCUT2D eigenvalue weighted by Gasteiger charge is 2.10. The molecule has 12 heavy (non-hydrogen) atoms. The molecule has 0 radical (unpaired) electrons. The van der Waals surface area contributed by atoms with Gasteiger partial charge in [-0.15, -0.1) is 0 Å². The molecule has 1 aromatic heterocycles. The van der Waals surface area contributed by atoms with Crippen LogP contribution in [0.5, 0.6) is 0 Å². The van der Waals surface area contributed by atoms with Crippen molar-refractivity contribution < 1.29 is 9.90 Å². The molecule has 2 heterocycles. The number of aliphatic imine (C=N–C) groups is 1. The third-order valence-electron chi connectivity index (χ3n) is 1.72. The van der Waals surface area contributed by atoms with Crippen LogP contribution in [0.2, 0.25) is 0 Å². The highest BCUT2D eigenvalue weighted by molar-refractivity contribution is 5.89. The monoisotopic (exact) mass is 162 g/mol. The van der Waals surface area contributed by atoms with E-state index < -0.39 is 5.97 Å². The summed E-state index contributed by atoms with van der Waals surface area (Å²) in [5, 5.41) is 8.64. The number of hydrogen-bond donors (Lipinski definition) is 1. The van der Waals surface area contributed by atoms with E-state index in [2.05, 4.69) is 9.98 Å². The summed E-state index contributed by atoms with van der Waals surface area (Å²) in [5.41, 5.74) is 1.88. The zero-order chi connectivity index (χ0) is 8.55. The van der Waals surface area contributed by atoms with Crippen LogP contribution in [0.25, 0.3) is 0 Å². The predicted octanol–water partition coefficient (Wildman–Crippen LogP) is 0.712. The maximum Gasteiger partial charge on any atom is 0.337 e. The van der Waals surface area contributed by atoms with Crippen molar-refractivity contribution in [2.75, 3.05) is 0 Å². The number of rotatable bonds is 1. The summed E-state index contributed by atoms with van der Waals surface area (Å²) in [7, 11) is 0. The number of hydrogen-bond acceptors (Lipinski definition) is 3. The van der Waals surface area contributed by atoms with E-state index in [9.17, 15) is 4.79 Å². The van der Waals surface area contributed by atoms with Gasteiger partial charge in [-0.05, 0) is 6.07 Å². The molecule has 0 fully saturated rings. The molecule has 0 spiro atoms. The Balaban J connectivity index is 2.49. The highest BCUT2D eigenvalue weighted by Crippen LogP contribution is 2.13. The van der Waals surface area contributed by atoms with Gasteiger partial charge in [-0.25, -0.2) is 4.79 Å². The van der Waals surface area contributed by atoms with E-state index in [1.54, 1.807) is 12.3 Å². The molecule has 0 aliphatic carbocycles. The minimum Gasteiger partial charge on any atom is -0.478 e. The lowest BCUT2D eigenvalue weighted by Gasteiger charge is -1.97. The van der Waals surface area contributed by atoms with Gasteiger partial charge in [-0.3, -0.25) is 9.98 Å². The Labute approximate surface area is 68.6 Å². The zero-order valence-electron chi connectivity index (χ0n) is 6.19. The molecule has 0 aromatic carbocycles. The maximum atomic E-state index is 10.5. The molecule has 1 aromatic rings. The Morgan fingerprint density at radius 1 is 1.58 bits per heavy atom. The Kier molecular flexibility index (Phi) is 1.40. The van der Waals surface area contributed by atoms with Crippen LogP contribution in [0.4, 0.5) is 0 Å². The molecular weight excluding hydrogens is 156 g/mol. The van der Waals surface area contributed by atoms with E-state index in [-0.39, 0.29) is 5.56 Å². The standard InChI is InChI=1S/C8H6N2O2/c11-8(12)6-1-5-2-9-4-7(5)10-3-6/h1,3-4H,2H2,(H,11,12). The molecule has 0 unspecified atom stereocenters. The first-order valence-corrected chi connectivity index (χ1v) is 3.49. The van der Waals surface area contributed by atoms with Crippen molar-refractivity contribution in [3.8, 4) is 0 Å². The van der Waals surface area contributed by atoms with E-state index in [1.165, 1.54) is 6.20 Å². The number of pyridine rings is 1. The molecule has 0 saturated heterocycles. The molecule has 1 aliphatic heterocycles. The van der Waals surface area contributed by atoms with Crippen molar-refractivity contribution in [2.45, 2.75) is 6.54 Å². The number of carboxylic acid groups (broad SMARTS) is 1. The quantitative estimate of drug-likeness (QED) is 0.661. The van der Waals surface area contributed by atoms with Crippen molar-refractivity contribution in [2.24, 2.45) is 4.99 Å². The lowest BCUT2D eigenvalue weighted by Crippen LogP contribution is -2.00. The second-order valence-corrected chi connectivity index (χ2v) is 2.54. The maximum absolute atomic E-state index is 10.5. The van der Waals surface area contributed by atoms with E-state index in [4.69, 9.17) is 5.11 Å². The normalized spacial score (nSPS) is 13.0. The van der Waals surface area contributed by atoms with Crippen molar-refractivity contribution in [3.63, 3.8) is 0 Å². The van der Waals surface area contributed by atoms with Crippen LogP contribution in [0.1, 0.15) is 21.6 Å². The first kappa shape index (κ1) is 6.97. The fourth-order valence-electron chi connectivity index (χ4n) is 1.11. The molecule has 0 bridgehead atoms. The average molecular weight is 162 g/mol. The van der Waals surface area contributed by atoms with E-state index in [0.29, 0.717) is 6.54 Å². The summed E-state index contributed by atoms with van der Waals surface area (Å²) in [5.74, 6) is -0.947.